The molecule has 1 fully saturated rings. The zero-order valence-electron chi connectivity index (χ0n) is 11.1. The summed E-state index contributed by atoms with van der Waals surface area (Å²) in [4.78, 5) is 6.48. The van der Waals surface area contributed by atoms with Gasteiger partial charge in [0.15, 0.2) is 5.82 Å². The van der Waals surface area contributed by atoms with Crippen molar-refractivity contribution >= 4 is 11.5 Å². The maximum Gasteiger partial charge on any atom is 0.151 e. The second kappa shape index (κ2) is 4.63. The van der Waals surface area contributed by atoms with Crippen molar-refractivity contribution < 1.29 is 0 Å². The van der Waals surface area contributed by atoms with Crippen LogP contribution in [0.15, 0.2) is 30.5 Å². The van der Waals surface area contributed by atoms with Crippen LogP contribution in [0.1, 0.15) is 12.8 Å². The van der Waals surface area contributed by atoms with E-state index < -0.39 is 0 Å². The fourth-order valence-electron chi connectivity index (χ4n) is 3.26. The van der Waals surface area contributed by atoms with E-state index in [-0.39, 0.29) is 0 Å². The molecule has 0 spiro atoms. The highest BCUT2D eigenvalue weighted by molar-refractivity contribution is 5.64. The maximum absolute atomic E-state index is 4.42. The predicted octanol–water partition coefficient (Wildman–Crippen LogP) is 2.77. The van der Waals surface area contributed by atoms with Crippen molar-refractivity contribution in [2.45, 2.75) is 12.8 Å². The Morgan fingerprint density at radius 3 is 2.89 bits per heavy atom. The molecule has 1 heterocycles. The van der Waals surface area contributed by atoms with E-state index in [2.05, 4.69) is 33.4 Å². The Balaban J connectivity index is 1.65. The van der Waals surface area contributed by atoms with E-state index in [1.165, 1.54) is 12.8 Å². The molecule has 18 heavy (non-hydrogen) atoms. The van der Waals surface area contributed by atoms with E-state index in [0.29, 0.717) is 0 Å². The van der Waals surface area contributed by atoms with Crippen LogP contribution in [0.2, 0.25) is 0 Å². The van der Waals surface area contributed by atoms with Crippen LogP contribution in [0.3, 0.4) is 0 Å². The zero-order chi connectivity index (χ0) is 12.5. The molecule has 1 N–H and O–H groups in total. The van der Waals surface area contributed by atoms with E-state index in [0.717, 1.165) is 35.8 Å². The van der Waals surface area contributed by atoms with Crippen LogP contribution in [0.4, 0.5) is 11.5 Å². The summed E-state index contributed by atoms with van der Waals surface area (Å²) in [6, 6.07) is 4.11. The number of aromatic nitrogens is 1. The number of hydrogen-bond acceptors (Lipinski definition) is 3. The summed E-state index contributed by atoms with van der Waals surface area (Å²) >= 11 is 0. The van der Waals surface area contributed by atoms with Gasteiger partial charge in [-0.15, -0.1) is 0 Å². The number of pyridine rings is 1. The third-order valence-electron chi connectivity index (χ3n) is 4.18. The molecule has 3 heteroatoms. The number of nitrogens with zero attached hydrogens (tertiary/aromatic N) is 2. The molecule has 0 saturated heterocycles. The molecule has 3 rings (SSSR count). The molecule has 2 aliphatic carbocycles. The molecule has 1 aromatic rings. The van der Waals surface area contributed by atoms with Crippen LogP contribution >= 0.6 is 0 Å². The van der Waals surface area contributed by atoms with Gasteiger partial charge in [0.25, 0.3) is 0 Å². The monoisotopic (exact) mass is 243 g/mol. The SMILES string of the molecule is CN(C)c1ncccc1NCC1CC2C=CC1C2. The van der Waals surface area contributed by atoms with Gasteiger partial charge in [-0.05, 0) is 42.7 Å². The van der Waals surface area contributed by atoms with Crippen molar-refractivity contribution in [3.8, 4) is 0 Å². The van der Waals surface area contributed by atoms with Gasteiger partial charge in [-0.25, -0.2) is 4.98 Å². The van der Waals surface area contributed by atoms with E-state index in [9.17, 15) is 0 Å². The van der Waals surface area contributed by atoms with Gasteiger partial charge in [-0.1, -0.05) is 12.2 Å². The van der Waals surface area contributed by atoms with Crippen LogP contribution in [0, 0.1) is 17.8 Å². The smallest absolute Gasteiger partial charge is 0.151 e. The van der Waals surface area contributed by atoms with Crippen molar-refractivity contribution in [1.29, 1.82) is 0 Å². The number of fused-ring (bicyclic) bond motifs is 2. The Kier molecular flexibility index (Phi) is 2.98. The molecule has 2 bridgehead atoms. The first-order chi connectivity index (χ1) is 8.74. The van der Waals surface area contributed by atoms with Gasteiger partial charge < -0.3 is 10.2 Å². The molecule has 0 aromatic carbocycles. The van der Waals surface area contributed by atoms with Crippen molar-refractivity contribution in [2.75, 3.05) is 30.9 Å². The molecule has 2 aliphatic rings. The molecule has 3 atom stereocenters. The average molecular weight is 243 g/mol. The standard InChI is InChI=1S/C15H21N3/c1-18(2)15-14(4-3-7-16-15)17-10-13-9-11-5-6-12(13)8-11/h3-7,11-13,17H,8-10H2,1-2H3. The van der Waals surface area contributed by atoms with Crippen molar-refractivity contribution in [2.24, 2.45) is 17.8 Å². The topological polar surface area (TPSA) is 28.2 Å². The molecule has 1 saturated carbocycles. The van der Waals surface area contributed by atoms with E-state index >= 15 is 0 Å². The molecule has 0 amide bonds. The molecular weight excluding hydrogens is 222 g/mol. The summed E-state index contributed by atoms with van der Waals surface area (Å²) in [6.45, 7) is 1.07. The quantitative estimate of drug-likeness (QED) is 0.824. The zero-order valence-corrected chi connectivity index (χ0v) is 11.1. The second-order valence-electron chi connectivity index (χ2n) is 5.69. The first-order valence-electron chi connectivity index (χ1n) is 6.78. The maximum atomic E-state index is 4.42. The van der Waals surface area contributed by atoms with Gasteiger partial charge in [0.2, 0.25) is 0 Å². The van der Waals surface area contributed by atoms with Crippen molar-refractivity contribution in [1.82, 2.24) is 4.98 Å². The highest BCUT2D eigenvalue weighted by atomic mass is 15.2. The van der Waals surface area contributed by atoms with E-state index in [4.69, 9.17) is 0 Å². The first-order valence-corrected chi connectivity index (χ1v) is 6.78. The number of rotatable bonds is 4. The van der Waals surface area contributed by atoms with Crippen molar-refractivity contribution in [3.05, 3.63) is 30.5 Å². The summed E-state index contributed by atoms with van der Waals surface area (Å²) in [5.41, 5.74) is 1.15. The molecule has 1 aromatic heterocycles. The molecule has 3 unspecified atom stereocenters. The fourth-order valence-corrected chi connectivity index (χ4v) is 3.26. The number of allylic oxidation sites excluding steroid dienone is 2. The highest BCUT2D eigenvalue weighted by Crippen LogP contribution is 2.43. The number of nitrogens with one attached hydrogen (secondary N) is 1. The Labute approximate surface area is 109 Å². The lowest BCUT2D eigenvalue weighted by molar-refractivity contribution is 0.472. The van der Waals surface area contributed by atoms with Gasteiger partial charge in [0.05, 0.1) is 5.69 Å². The predicted molar refractivity (Wildman–Crippen MR) is 75.9 cm³/mol. The Hall–Kier alpha value is -1.51. The summed E-state index contributed by atoms with van der Waals surface area (Å²) in [5, 5.41) is 3.58. The third-order valence-corrected chi connectivity index (χ3v) is 4.18. The van der Waals surface area contributed by atoms with Gasteiger partial charge in [-0.3, -0.25) is 0 Å². The van der Waals surface area contributed by atoms with Crippen LogP contribution in [0.5, 0.6) is 0 Å². The minimum Gasteiger partial charge on any atom is -0.382 e. The number of anilines is 2. The van der Waals surface area contributed by atoms with Crippen LogP contribution in [0.25, 0.3) is 0 Å². The average Bonchev–Trinajstić information content (AvgIpc) is 2.98. The molecular formula is C15H21N3. The Morgan fingerprint density at radius 1 is 1.33 bits per heavy atom. The lowest BCUT2D eigenvalue weighted by Crippen LogP contribution is -2.20. The normalized spacial score (nSPS) is 28.7. The lowest BCUT2D eigenvalue weighted by atomic mass is 9.93. The third kappa shape index (κ3) is 2.09. The molecule has 3 nitrogen and oxygen atoms in total. The molecule has 96 valence electrons. The van der Waals surface area contributed by atoms with Crippen LogP contribution < -0.4 is 10.2 Å². The second-order valence-corrected chi connectivity index (χ2v) is 5.69. The van der Waals surface area contributed by atoms with Crippen LogP contribution in [-0.2, 0) is 0 Å². The van der Waals surface area contributed by atoms with Gasteiger partial charge in [0.1, 0.15) is 0 Å². The van der Waals surface area contributed by atoms with E-state index in [1.54, 1.807) is 0 Å². The first kappa shape index (κ1) is 11.6. The summed E-state index contributed by atoms with van der Waals surface area (Å²) < 4.78 is 0. The van der Waals surface area contributed by atoms with Gasteiger partial charge in [0, 0.05) is 26.8 Å². The van der Waals surface area contributed by atoms with E-state index in [1.807, 2.05) is 26.4 Å². The summed E-state index contributed by atoms with van der Waals surface area (Å²) in [5.74, 6) is 3.48. The molecule has 0 aliphatic heterocycles. The summed E-state index contributed by atoms with van der Waals surface area (Å²) in [7, 11) is 4.07. The summed E-state index contributed by atoms with van der Waals surface area (Å²) in [6.07, 6.45) is 9.39. The van der Waals surface area contributed by atoms with Crippen LogP contribution in [-0.4, -0.2) is 25.6 Å². The minimum absolute atomic E-state index is 0.801. The lowest BCUT2D eigenvalue weighted by Gasteiger charge is -2.21. The molecule has 0 radical (unpaired) electrons. The largest absolute Gasteiger partial charge is 0.382 e. The van der Waals surface area contributed by atoms with Gasteiger partial charge >= 0.3 is 0 Å². The van der Waals surface area contributed by atoms with Gasteiger partial charge in [-0.2, -0.15) is 0 Å². The Morgan fingerprint density at radius 2 is 2.22 bits per heavy atom. The fraction of sp³-hybridized carbons (Fsp3) is 0.533. The Bertz CT molecular complexity index is 453. The van der Waals surface area contributed by atoms with Crippen molar-refractivity contribution in [3.63, 3.8) is 0 Å². The highest BCUT2D eigenvalue weighted by Gasteiger charge is 2.35. The minimum atomic E-state index is 0.801. The number of hydrogen-bond donors (Lipinski definition) is 1.